The zero-order chi connectivity index (χ0) is 36.3. The van der Waals surface area contributed by atoms with Crippen molar-refractivity contribution in [1.29, 1.82) is 0 Å². The number of ether oxygens (including phenoxy) is 1. The van der Waals surface area contributed by atoms with Gasteiger partial charge >= 0.3 is 21.1 Å². The summed E-state index contributed by atoms with van der Waals surface area (Å²) in [5, 5.41) is 0. The van der Waals surface area contributed by atoms with E-state index in [0.29, 0.717) is 23.5 Å². The Morgan fingerprint density at radius 3 is 2.27 bits per heavy atom. The van der Waals surface area contributed by atoms with Crippen molar-refractivity contribution in [3.63, 3.8) is 0 Å². The number of benzene rings is 3. The maximum atomic E-state index is 6.80. The van der Waals surface area contributed by atoms with E-state index in [9.17, 15) is 0 Å². The van der Waals surface area contributed by atoms with Gasteiger partial charge in [0.1, 0.15) is 5.82 Å². The fraction of sp³-hybridized carbons (Fsp3) is 0.478. The summed E-state index contributed by atoms with van der Waals surface area (Å²) >= 11 is 0. The minimum absolute atomic E-state index is 0. The first-order chi connectivity index (χ1) is 24.1. The average molecular weight is 876 g/mol. The predicted molar refractivity (Wildman–Crippen MR) is 211 cm³/mol. The van der Waals surface area contributed by atoms with E-state index in [1.54, 1.807) is 0 Å². The molecule has 2 aliphatic heterocycles. The molecule has 0 N–H and O–H groups in total. The van der Waals surface area contributed by atoms with E-state index in [2.05, 4.69) is 152 Å². The minimum Gasteiger partial charge on any atom is -0.503 e. The third-order valence-corrected chi connectivity index (χ3v) is 11.4. The molecule has 1 fully saturated rings. The Labute approximate surface area is 327 Å². The van der Waals surface area contributed by atoms with Crippen molar-refractivity contribution < 1.29 is 25.8 Å². The molecule has 0 saturated heterocycles. The number of hydrogen-bond acceptors (Lipinski definition) is 5. The molecule has 4 aromatic rings. The second-order valence-electron chi connectivity index (χ2n) is 17.9. The van der Waals surface area contributed by atoms with E-state index in [1.165, 1.54) is 54.4 Å². The molecule has 0 amide bonds. The number of aromatic nitrogens is 1. The molecule has 1 aromatic heterocycles. The summed E-state index contributed by atoms with van der Waals surface area (Å²) in [6, 6.07) is 30.0. The fourth-order valence-corrected chi connectivity index (χ4v) is 8.05. The van der Waals surface area contributed by atoms with Gasteiger partial charge in [0, 0.05) is 41.8 Å². The van der Waals surface area contributed by atoms with Gasteiger partial charge in [-0.05, 0) is 64.3 Å². The van der Waals surface area contributed by atoms with Crippen molar-refractivity contribution in [3.8, 4) is 11.5 Å². The van der Waals surface area contributed by atoms with Crippen LogP contribution in [0.1, 0.15) is 135 Å². The number of para-hydroxylation sites is 1. The van der Waals surface area contributed by atoms with E-state index >= 15 is 0 Å². The number of nitrogens with zero attached hydrogens (tertiary/aromatic N) is 4. The van der Waals surface area contributed by atoms with Crippen molar-refractivity contribution in [1.82, 2.24) is 9.88 Å². The summed E-state index contributed by atoms with van der Waals surface area (Å²) in [7, 11) is 0. The third kappa shape index (κ3) is 7.37. The zero-order valence-electron chi connectivity index (χ0n) is 32.8. The van der Waals surface area contributed by atoms with Crippen LogP contribution in [-0.4, -0.2) is 34.3 Å². The van der Waals surface area contributed by atoms with Gasteiger partial charge < -0.3 is 19.5 Å². The second kappa shape index (κ2) is 14.4. The molecule has 52 heavy (non-hydrogen) atoms. The van der Waals surface area contributed by atoms with Gasteiger partial charge in [0.15, 0.2) is 0 Å². The van der Waals surface area contributed by atoms with Crippen molar-refractivity contribution >= 4 is 23.0 Å². The largest absolute Gasteiger partial charge is 2.00 e. The average Bonchev–Trinajstić information content (AvgIpc) is 3.55. The Morgan fingerprint density at radius 2 is 1.58 bits per heavy atom. The Balaban J connectivity index is 0.00000464. The Kier molecular flexibility index (Phi) is 10.6. The molecule has 1 atom stereocenters. The van der Waals surface area contributed by atoms with Crippen LogP contribution in [0.5, 0.6) is 11.5 Å². The van der Waals surface area contributed by atoms with Gasteiger partial charge in [0.25, 0.3) is 0 Å². The minimum atomic E-state index is -0.233. The first-order valence-electron chi connectivity index (χ1n) is 19.1. The number of rotatable bonds is 6. The van der Waals surface area contributed by atoms with Crippen LogP contribution >= 0.6 is 0 Å². The van der Waals surface area contributed by atoms with Gasteiger partial charge in [-0.25, -0.2) is 4.98 Å². The van der Waals surface area contributed by atoms with Crippen LogP contribution in [0.2, 0.25) is 0 Å². The molecule has 3 aliphatic rings. The molecule has 1 aliphatic carbocycles. The van der Waals surface area contributed by atoms with Gasteiger partial charge in [-0.2, -0.15) is 6.07 Å². The van der Waals surface area contributed by atoms with Crippen molar-refractivity contribution in [2.45, 2.75) is 130 Å². The summed E-state index contributed by atoms with van der Waals surface area (Å²) in [6.45, 7) is 23.7. The normalized spacial score (nSPS) is 18.8. The first kappa shape index (κ1) is 38.3. The van der Waals surface area contributed by atoms with Crippen LogP contribution in [0.3, 0.4) is 0 Å². The van der Waals surface area contributed by atoms with E-state index in [1.807, 2.05) is 6.20 Å². The number of fused-ring (bicyclic) bond motifs is 2. The van der Waals surface area contributed by atoms with Crippen LogP contribution in [0.4, 0.5) is 17.2 Å². The number of hydrogen-bond donors (Lipinski definition) is 0. The van der Waals surface area contributed by atoms with Crippen LogP contribution in [0.25, 0.3) is 0 Å². The molecule has 3 heterocycles. The first-order valence-corrected chi connectivity index (χ1v) is 19.1. The predicted octanol–water partition coefficient (Wildman–Crippen LogP) is 11.8. The molecule has 7 rings (SSSR count). The van der Waals surface area contributed by atoms with Crippen molar-refractivity contribution in [3.05, 3.63) is 107 Å². The molecule has 0 bridgehead atoms. The van der Waals surface area contributed by atoms with Gasteiger partial charge in [-0.15, -0.1) is 34.9 Å². The standard InChI is InChI=1S/C46H56N4O.Pt/c1-30(2)31-24-32(43-48-41(45(6,7)8)29-49(43)34-16-12-11-13-17-34)26-36(25-31)51-35-20-21-38-40(28-35)50(39-19-15-14-18-37(39)46(38,9)10)42-27-33(22-23-47-42)44(3,4)5;/h14-15,18-25,27,30,34,41H,11-13,16-17,29H2,1-10H3;/q-2;+2/t41-;/m0./s1. The van der Waals surface area contributed by atoms with E-state index < -0.39 is 0 Å². The molecule has 1 saturated carbocycles. The van der Waals surface area contributed by atoms with Crippen LogP contribution < -0.4 is 9.64 Å². The smallest absolute Gasteiger partial charge is 0.503 e. The second-order valence-corrected chi connectivity index (χ2v) is 17.9. The monoisotopic (exact) mass is 875 g/mol. The van der Waals surface area contributed by atoms with Crippen molar-refractivity contribution in [2.24, 2.45) is 10.4 Å². The number of anilines is 3. The molecule has 276 valence electrons. The molecule has 5 nitrogen and oxygen atoms in total. The Hall–Kier alpha value is -3.43. The molecular weight excluding hydrogens is 820 g/mol. The summed E-state index contributed by atoms with van der Waals surface area (Å²) in [5.41, 5.74) is 7.87. The van der Waals surface area contributed by atoms with Gasteiger partial charge in [-0.3, -0.25) is 0 Å². The number of aliphatic imine (C=N–C) groups is 1. The van der Waals surface area contributed by atoms with Crippen molar-refractivity contribution in [2.75, 3.05) is 11.4 Å². The molecular formula is C46H56N4OPt. The maximum absolute atomic E-state index is 6.80. The zero-order valence-corrected chi connectivity index (χ0v) is 35.1. The van der Waals surface area contributed by atoms with Gasteiger partial charge in [0.05, 0.1) is 6.04 Å². The number of pyridine rings is 1. The molecule has 0 radical (unpaired) electrons. The van der Waals surface area contributed by atoms with E-state index in [0.717, 1.165) is 35.1 Å². The number of amidine groups is 1. The van der Waals surface area contributed by atoms with Crippen LogP contribution in [0, 0.1) is 17.5 Å². The van der Waals surface area contributed by atoms with Gasteiger partial charge in [0.2, 0.25) is 0 Å². The van der Waals surface area contributed by atoms with E-state index in [-0.39, 0.29) is 43.4 Å². The summed E-state index contributed by atoms with van der Waals surface area (Å²) < 4.78 is 6.80. The fourth-order valence-electron chi connectivity index (χ4n) is 8.05. The van der Waals surface area contributed by atoms with E-state index in [4.69, 9.17) is 14.7 Å². The van der Waals surface area contributed by atoms with Crippen LogP contribution in [0.15, 0.2) is 71.9 Å². The molecule has 0 unspecified atom stereocenters. The third-order valence-electron chi connectivity index (χ3n) is 11.4. The summed E-state index contributed by atoms with van der Waals surface area (Å²) in [5.74, 6) is 3.65. The topological polar surface area (TPSA) is 41.0 Å². The van der Waals surface area contributed by atoms with Gasteiger partial charge in [-0.1, -0.05) is 125 Å². The SMILES string of the molecule is CC(C)c1cc(Oc2[c-]c3c(cc2)C(C)(C)c2ccccc2N3c2cc(C(C)(C)C)ccn2)[c-]c(C2=N[C@H](C(C)(C)C)CN2C2CCCCC2)c1.[Pt+2]. The maximum Gasteiger partial charge on any atom is 2.00 e. The quantitative estimate of drug-likeness (QED) is 0.181. The summed E-state index contributed by atoms with van der Waals surface area (Å²) in [6.07, 6.45) is 8.32. The molecule has 0 spiro atoms. The Bertz CT molecular complexity index is 1940. The molecule has 6 heteroatoms. The molecule has 3 aromatic carbocycles. The van der Waals surface area contributed by atoms with Crippen LogP contribution in [-0.2, 0) is 31.9 Å². The summed E-state index contributed by atoms with van der Waals surface area (Å²) in [4.78, 5) is 15.2. The Morgan fingerprint density at radius 1 is 0.846 bits per heavy atom.